The topological polar surface area (TPSA) is 64.6 Å². The second-order valence-corrected chi connectivity index (χ2v) is 7.96. The Morgan fingerprint density at radius 3 is 2.03 bits per heavy atom. The van der Waals surface area contributed by atoms with Gasteiger partial charge in [0.1, 0.15) is 18.1 Å². The number of hydrogen-bond acceptors (Lipinski definition) is 5. The van der Waals surface area contributed by atoms with E-state index in [1.54, 1.807) is 0 Å². The predicted molar refractivity (Wildman–Crippen MR) is 122 cm³/mol. The zero-order valence-electron chi connectivity index (χ0n) is 18.1. The molecule has 0 bridgehead atoms. The highest BCUT2D eigenvalue weighted by molar-refractivity contribution is 5.86. The third-order valence-electron chi connectivity index (χ3n) is 6.00. The minimum absolute atomic E-state index is 0.117. The molecule has 1 fully saturated rings. The van der Waals surface area contributed by atoms with Crippen LogP contribution in [-0.4, -0.2) is 30.7 Å². The van der Waals surface area contributed by atoms with Crippen molar-refractivity contribution in [2.75, 3.05) is 6.61 Å². The van der Waals surface area contributed by atoms with Crippen LogP contribution in [0.15, 0.2) is 91.0 Å². The van der Waals surface area contributed by atoms with Gasteiger partial charge < -0.3 is 14.8 Å². The first-order valence-electron chi connectivity index (χ1n) is 10.9. The highest BCUT2D eigenvalue weighted by Gasteiger charge is 2.55. The van der Waals surface area contributed by atoms with Crippen molar-refractivity contribution < 1.29 is 19.1 Å². The van der Waals surface area contributed by atoms with E-state index in [1.807, 2.05) is 97.9 Å². The first kappa shape index (κ1) is 21.8. The van der Waals surface area contributed by atoms with Gasteiger partial charge in [-0.15, -0.1) is 0 Å². The van der Waals surface area contributed by atoms with Gasteiger partial charge in [-0.1, -0.05) is 97.9 Å². The van der Waals surface area contributed by atoms with E-state index in [4.69, 9.17) is 9.47 Å². The molecule has 5 nitrogen and oxygen atoms in total. The number of rotatable bonds is 8. The highest BCUT2D eigenvalue weighted by Crippen LogP contribution is 2.42. The van der Waals surface area contributed by atoms with Crippen molar-refractivity contribution >= 4 is 11.9 Å². The number of carbonyl (C=O) groups is 2. The van der Waals surface area contributed by atoms with E-state index >= 15 is 0 Å². The Labute approximate surface area is 188 Å². The lowest BCUT2D eigenvalue weighted by Gasteiger charge is -2.33. The molecule has 4 rings (SSSR count). The smallest absolute Gasteiger partial charge is 0.348 e. The summed E-state index contributed by atoms with van der Waals surface area (Å²) in [7, 11) is 0. The maximum absolute atomic E-state index is 13.2. The second kappa shape index (κ2) is 9.79. The molecule has 3 aromatic carbocycles. The summed E-state index contributed by atoms with van der Waals surface area (Å²) >= 11 is 0. The van der Waals surface area contributed by atoms with E-state index < -0.39 is 29.5 Å². The van der Waals surface area contributed by atoms with Crippen molar-refractivity contribution in [3.63, 3.8) is 0 Å². The van der Waals surface area contributed by atoms with Crippen LogP contribution in [0.25, 0.3) is 0 Å². The lowest BCUT2D eigenvalue weighted by Crippen LogP contribution is -2.47. The quantitative estimate of drug-likeness (QED) is 0.548. The molecule has 1 saturated heterocycles. The van der Waals surface area contributed by atoms with E-state index in [0.29, 0.717) is 13.0 Å². The van der Waals surface area contributed by atoms with Gasteiger partial charge in [-0.2, -0.15) is 0 Å². The molecule has 0 aliphatic carbocycles. The van der Waals surface area contributed by atoms with Crippen LogP contribution in [0.4, 0.5) is 0 Å². The van der Waals surface area contributed by atoms with Crippen molar-refractivity contribution in [2.45, 2.75) is 37.5 Å². The van der Waals surface area contributed by atoms with Crippen molar-refractivity contribution in [3.8, 4) is 0 Å². The molecular weight excluding hydrogens is 402 g/mol. The van der Waals surface area contributed by atoms with Gasteiger partial charge in [0.15, 0.2) is 0 Å². The average Bonchev–Trinajstić information content (AvgIpc) is 3.18. The SMILES string of the molecule is CCC(NCc1ccccc1)C(=O)O[C@H]1C(=O)OCC1(c1ccccc1)c1ccccc1. The number of ether oxygens (including phenoxy) is 2. The molecule has 5 heteroatoms. The molecule has 1 aliphatic heterocycles. The molecule has 3 aromatic rings. The number of benzene rings is 3. The largest absolute Gasteiger partial charge is 0.461 e. The zero-order valence-corrected chi connectivity index (χ0v) is 18.1. The second-order valence-electron chi connectivity index (χ2n) is 7.96. The van der Waals surface area contributed by atoms with Crippen LogP contribution >= 0.6 is 0 Å². The Hall–Kier alpha value is -3.44. The third-order valence-corrected chi connectivity index (χ3v) is 6.00. The van der Waals surface area contributed by atoms with Gasteiger partial charge in [0, 0.05) is 6.54 Å². The molecule has 2 atom stereocenters. The van der Waals surface area contributed by atoms with Crippen LogP contribution in [0.1, 0.15) is 30.0 Å². The number of esters is 2. The summed E-state index contributed by atoms with van der Waals surface area (Å²) in [6.07, 6.45) is -0.524. The van der Waals surface area contributed by atoms with Crippen molar-refractivity contribution in [2.24, 2.45) is 0 Å². The Bertz CT molecular complexity index is 998. The molecule has 0 radical (unpaired) electrons. The van der Waals surface area contributed by atoms with Gasteiger partial charge in [0.05, 0.1) is 0 Å². The van der Waals surface area contributed by atoms with Gasteiger partial charge in [-0.25, -0.2) is 4.79 Å². The molecule has 0 amide bonds. The maximum Gasteiger partial charge on any atom is 0.348 e. The standard InChI is InChI=1S/C27H27NO4/c1-2-23(28-18-20-12-6-3-7-13-20)25(29)32-24-26(30)31-19-27(24,21-14-8-4-9-15-21)22-16-10-5-11-17-22/h3-17,23-24,28H,2,18-19H2,1H3/t23?,24-/m0/s1. The van der Waals surface area contributed by atoms with E-state index in [-0.39, 0.29) is 6.61 Å². The van der Waals surface area contributed by atoms with Crippen molar-refractivity contribution in [3.05, 3.63) is 108 Å². The van der Waals surface area contributed by atoms with Crippen LogP contribution in [0.5, 0.6) is 0 Å². The first-order chi connectivity index (χ1) is 15.6. The molecule has 1 N–H and O–H groups in total. The lowest BCUT2D eigenvalue weighted by molar-refractivity contribution is -0.163. The van der Waals surface area contributed by atoms with Gasteiger partial charge in [0.2, 0.25) is 6.10 Å². The molecule has 1 aliphatic rings. The zero-order chi connectivity index (χ0) is 22.4. The number of hydrogen-bond donors (Lipinski definition) is 1. The molecule has 0 aromatic heterocycles. The van der Waals surface area contributed by atoms with Crippen LogP contribution in [0.3, 0.4) is 0 Å². The number of cyclic esters (lactones) is 1. The highest BCUT2D eigenvalue weighted by atomic mass is 16.6. The minimum atomic E-state index is -1.06. The van der Waals surface area contributed by atoms with Crippen LogP contribution in [-0.2, 0) is 31.0 Å². The Kier molecular flexibility index (Phi) is 6.66. The molecule has 32 heavy (non-hydrogen) atoms. The van der Waals surface area contributed by atoms with E-state index in [1.165, 1.54) is 0 Å². The molecule has 0 saturated carbocycles. The summed E-state index contributed by atoms with van der Waals surface area (Å²) < 4.78 is 11.4. The third kappa shape index (κ3) is 4.30. The lowest BCUT2D eigenvalue weighted by atomic mass is 9.72. The summed E-state index contributed by atoms with van der Waals surface area (Å²) in [4.78, 5) is 26.0. The molecule has 1 heterocycles. The maximum atomic E-state index is 13.2. The minimum Gasteiger partial charge on any atom is -0.461 e. The van der Waals surface area contributed by atoms with Crippen LogP contribution < -0.4 is 5.32 Å². The fourth-order valence-electron chi connectivity index (χ4n) is 4.22. The van der Waals surface area contributed by atoms with Crippen molar-refractivity contribution in [1.29, 1.82) is 0 Å². The monoisotopic (exact) mass is 429 g/mol. The van der Waals surface area contributed by atoms with E-state index in [2.05, 4.69) is 5.32 Å². The van der Waals surface area contributed by atoms with Crippen LogP contribution in [0.2, 0.25) is 0 Å². The Morgan fingerprint density at radius 2 is 1.50 bits per heavy atom. The number of carbonyl (C=O) groups excluding carboxylic acids is 2. The Balaban J connectivity index is 1.61. The fraction of sp³-hybridized carbons (Fsp3) is 0.259. The normalized spacial score (nSPS) is 18.0. The van der Waals surface area contributed by atoms with Crippen LogP contribution in [0, 0.1) is 0 Å². The van der Waals surface area contributed by atoms with Crippen molar-refractivity contribution in [1.82, 2.24) is 5.32 Å². The molecular formula is C27H27NO4. The average molecular weight is 430 g/mol. The van der Waals surface area contributed by atoms with Gasteiger partial charge in [-0.3, -0.25) is 4.79 Å². The summed E-state index contributed by atoms with van der Waals surface area (Å²) in [5.74, 6) is -0.979. The summed E-state index contributed by atoms with van der Waals surface area (Å²) in [6, 6.07) is 28.6. The predicted octanol–water partition coefficient (Wildman–Crippen LogP) is 4.01. The van der Waals surface area contributed by atoms with Gasteiger partial charge >= 0.3 is 11.9 Å². The molecule has 1 unspecified atom stereocenters. The molecule has 0 spiro atoms. The van der Waals surface area contributed by atoms with Gasteiger partial charge in [0.25, 0.3) is 0 Å². The number of nitrogens with one attached hydrogen (secondary N) is 1. The Morgan fingerprint density at radius 1 is 0.969 bits per heavy atom. The van der Waals surface area contributed by atoms with E-state index in [0.717, 1.165) is 16.7 Å². The summed E-state index contributed by atoms with van der Waals surface area (Å²) in [6.45, 7) is 2.57. The molecule has 164 valence electrons. The van der Waals surface area contributed by atoms with Gasteiger partial charge in [-0.05, 0) is 23.1 Å². The first-order valence-corrected chi connectivity index (χ1v) is 10.9. The summed E-state index contributed by atoms with van der Waals surface area (Å²) in [5.41, 5.74) is 1.93. The fourth-order valence-corrected chi connectivity index (χ4v) is 4.22. The van der Waals surface area contributed by atoms with E-state index in [9.17, 15) is 9.59 Å². The summed E-state index contributed by atoms with van der Waals surface area (Å²) in [5, 5.41) is 3.25.